The SMILES string of the molecule is Cc1cccc2ccc3nnc(CN)n3c12. The number of nitrogens with zero attached hydrogens (tertiary/aromatic N) is 3. The van der Waals surface area contributed by atoms with Crippen molar-refractivity contribution < 1.29 is 0 Å². The second-order valence-electron chi connectivity index (χ2n) is 3.86. The van der Waals surface area contributed by atoms with Crippen molar-refractivity contribution in [3.63, 3.8) is 0 Å². The summed E-state index contributed by atoms with van der Waals surface area (Å²) in [5, 5.41) is 9.39. The number of hydrogen-bond acceptors (Lipinski definition) is 3. The third-order valence-electron chi connectivity index (χ3n) is 2.84. The van der Waals surface area contributed by atoms with Gasteiger partial charge in [0.2, 0.25) is 0 Å². The summed E-state index contributed by atoms with van der Waals surface area (Å²) in [5.74, 6) is 0.801. The van der Waals surface area contributed by atoms with Crippen LogP contribution in [0.15, 0.2) is 30.3 Å². The molecule has 0 aliphatic heterocycles. The Balaban J connectivity index is 2.60. The number of pyridine rings is 1. The first-order valence-electron chi connectivity index (χ1n) is 5.23. The highest BCUT2D eigenvalue weighted by atomic mass is 15.3. The van der Waals surface area contributed by atoms with Gasteiger partial charge in [0.15, 0.2) is 11.5 Å². The van der Waals surface area contributed by atoms with Crippen LogP contribution in [0.4, 0.5) is 0 Å². The lowest BCUT2D eigenvalue weighted by Gasteiger charge is -2.06. The fraction of sp³-hybridized carbons (Fsp3) is 0.167. The molecule has 3 aromatic rings. The fourth-order valence-electron chi connectivity index (χ4n) is 2.10. The van der Waals surface area contributed by atoms with Crippen LogP contribution in [-0.4, -0.2) is 14.6 Å². The van der Waals surface area contributed by atoms with Crippen molar-refractivity contribution in [1.29, 1.82) is 0 Å². The predicted octanol–water partition coefficient (Wildman–Crippen LogP) is 1.65. The van der Waals surface area contributed by atoms with Gasteiger partial charge in [-0.2, -0.15) is 0 Å². The highest BCUT2D eigenvalue weighted by Crippen LogP contribution is 2.20. The van der Waals surface area contributed by atoms with Gasteiger partial charge in [0.25, 0.3) is 0 Å². The van der Waals surface area contributed by atoms with Crippen LogP contribution in [0, 0.1) is 6.92 Å². The second-order valence-corrected chi connectivity index (χ2v) is 3.86. The van der Waals surface area contributed by atoms with Gasteiger partial charge < -0.3 is 5.73 Å². The van der Waals surface area contributed by atoms with Crippen molar-refractivity contribution in [2.24, 2.45) is 5.73 Å². The summed E-state index contributed by atoms with van der Waals surface area (Å²) >= 11 is 0. The Labute approximate surface area is 92.7 Å². The smallest absolute Gasteiger partial charge is 0.161 e. The summed E-state index contributed by atoms with van der Waals surface area (Å²) < 4.78 is 2.03. The fourth-order valence-corrected chi connectivity index (χ4v) is 2.10. The number of aromatic nitrogens is 3. The molecule has 0 atom stereocenters. The lowest BCUT2D eigenvalue weighted by atomic mass is 10.1. The van der Waals surface area contributed by atoms with Crippen LogP contribution >= 0.6 is 0 Å². The normalized spacial score (nSPS) is 11.4. The van der Waals surface area contributed by atoms with E-state index in [1.54, 1.807) is 0 Å². The maximum absolute atomic E-state index is 5.68. The number of nitrogens with two attached hydrogens (primary N) is 1. The Bertz CT molecular complexity index is 669. The topological polar surface area (TPSA) is 56.2 Å². The van der Waals surface area contributed by atoms with E-state index in [4.69, 9.17) is 5.73 Å². The summed E-state index contributed by atoms with van der Waals surface area (Å²) in [4.78, 5) is 0. The Morgan fingerprint density at radius 2 is 2.06 bits per heavy atom. The number of rotatable bonds is 1. The van der Waals surface area contributed by atoms with Gasteiger partial charge in [-0.15, -0.1) is 10.2 Å². The minimum atomic E-state index is 0.397. The number of hydrogen-bond donors (Lipinski definition) is 1. The van der Waals surface area contributed by atoms with E-state index in [2.05, 4.69) is 41.4 Å². The molecule has 0 fully saturated rings. The number of benzene rings is 1. The molecule has 2 aromatic heterocycles. The van der Waals surface area contributed by atoms with E-state index < -0.39 is 0 Å². The summed E-state index contributed by atoms with van der Waals surface area (Å²) in [6, 6.07) is 10.3. The maximum Gasteiger partial charge on any atom is 0.161 e. The molecule has 4 heteroatoms. The van der Waals surface area contributed by atoms with Crippen LogP contribution in [0.5, 0.6) is 0 Å². The molecule has 3 rings (SSSR count). The van der Waals surface area contributed by atoms with Crippen LogP contribution in [0.25, 0.3) is 16.6 Å². The van der Waals surface area contributed by atoms with E-state index in [1.807, 2.05) is 10.5 Å². The van der Waals surface area contributed by atoms with E-state index >= 15 is 0 Å². The number of para-hydroxylation sites is 1. The maximum atomic E-state index is 5.68. The Kier molecular flexibility index (Phi) is 1.91. The largest absolute Gasteiger partial charge is 0.324 e. The van der Waals surface area contributed by atoms with Gasteiger partial charge in [0.05, 0.1) is 12.1 Å². The van der Waals surface area contributed by atoms with Gasteiger partial charge >= 0.3 is 0 Å². The van der Waals surface area contributed by atoms with Crippen molar-refractivity contribution in [2.75, 3.05) is 0 Å². The van der Waals surface area contributed by atoms with E-state index in [0.717, 1.165) is 17.0 Å². The van der Waals surface area contributed by atoms with E-state index in [1.165, 1.54) is 10.9 Å². The molecule has 0 amide bonds. The summed E-state index contributed by atoms with van der Waals surface area (Å²) in [6.07, 6.45) is 0. The van der Waals surface area contributed by atoms with Crippen molar-refractivity contribution in [3.8, 4) is 0 Å². The average molecular weight is 212 g/mol. The molecule has 80 valence electrons. The van der Waals surface area contributed by atoms with Crippen LogP contribution in [-0.2, 0) is 6.54 Å². The van der Waals surface area contributed by atoms with Crippen molar-refractivity contribution in [3.05, 3.63) is 41.7 Å². The Morgan fingerprint density at radius 3 is 2.88 bits per heavy atom. The molecular formula is C12H12N4. The summed E-state index contributed by atoms with van der Waals surface area (Å²) in [7, 11) is 0. The third-order valence-corrected chi connectivity index (χ3v) is 2.84. The van der Waals surface area contributed by atoms with Crippen LogP contribution < -0.4 is 5.73 Å². The molecule has 4 nitrogen and oxygen atoms in total. The second kappa shape index (κ2) is 3.28. The van der Waals surface area contributed by atoms with Crippen LogP contribution in [0.1, 0.15) is 11.4 Å². The van der Waals surface area contributed by atoms with Crippen molar-refractivity contribution in [1.82, 2.24) is 14.6 Å². The predicted molar refractivity (Wildman–Crippen MR) is 63.1 cm³/mol. The summed E-state index contributed by atoms with van der Waals surface area (Å²) in [5.41, 5.74) is 8.88. The number of aryl methyl sites for hydroxylation is 1. The molecule has 2 N–H and O–H groups in total. The first-order valence-corrected chi connectivity index (χ1v) is 5.23. The molecule has 16 heavy (non-hydrogen) atoms. The van der Waals surface area contributed by atoms with Gasteiger partial charge in [-0.25, -0.2) is 0 Å². The van der Waals surface area contributed by atoms with Gasteiger partial charge in [-0.05, 0) is 30.0 Å². The zero-order valence-electron chi connectivity index (χ0n) is 9.01. The Morgan fingerprint density at radius 1 is 1.19 bits per heavy atom. The minimum absolute atomic E-state index is 0.397. The van der Waals surface area contributed by atoms with Gasteiger partial charge in [0, 0.05) is 0 Å². The lowest BCUT2D eigenvalue weighted by Crippen LogP contribution is -2.03. The average Bonchev–Trinajstić information content (AvgIpc) is 2.72. The third kappa shape index (κ3) is 1.13. The molecule has 0 unspecified atom stereocenters. The zero-order chi connectivity index (χ0) is 11.1. The molecule has 0 radical (unpaired) electrons. The van der Waals surface area contributed by atoms with Crippen molar-refractivity contribution >= 4 is 16.6 Å². The minimum Gasteiger partial charge on any atom is -0.324 e. The molecule has 0 saturated heterocycles. The summed E-state index contributed by atoms with van der Waals surface area (Å²) in [6.45, 7) is 2.48. The Hall–Kier alpha value is -1.94. The van der Waals surface area contributed by atoms with E-state index in [9.17, 15) is 0 Å². The quantitative estimate of drug-likeness (QED) is 0.667. The number of fused-ring (bicyclic) bond motifs is 3. The van der Waals surface area contributed by atoms with E-state index in [0.29, 0.717) is 6.54 Å². The molecule has 1 aromatic carbocycles. The molecule has 0 aliphatic rings. The molecule has 0 saturated carbocycles. The molecule has 0 aliphatic carbocycles. The van der Waals surface area contributed by atoms with Crippen molar-refractivity contribution in [2.45, 2.75) is 13.5 Å². The molecular weight excluding hydrogens is 200 g/mol. The molecule has 2 heterocycles. The van der Waals surface area contributed by atoms with Crippen LogP contribution in [0.2, 0.25) is 0 Å². The lowest BCUT2D eigenvalue weighted by molar-refractivity contribution is 0.893. The molecule has 0 spiro atoms. The zero-order valence-corrected chi connectivity index (χ0v) is 9.01. The highest BCUT2D eigenvalue weighted by molar-refractivity contribution is 5.84. The van der Waals surface area contributed by atoms with Gasteiger partial charge in [-0.3, -0.25) is 4.40 Å². The standard InChI is InChI=1S/C12H12N4/c1-8-3-2-4-9-5-6-10-14-15-11(7-13)16(10)12(8)9/h2-6H,7,13H2,1H3. The van der Waals surface area contributed by atoms with Crippen LogP contribution in [0.3, 0.4) is 0 Å². The van der Waals surface area contributed by atoms with Gasteiger partial charge in [-0.1, -0.05) is 18.2 Å². The molecule has 0 bridgehead atoms. The van der Waals surface area contributed by atoms with E-state index in [-0.39, 0.29) is 0 Å². The monoisotopic (exact) mass is 212 g/mol. The first-order chi connectivity index (χ1) is 7.81. The highest BCUT2D eigenvalue weighted by Gasteiger charge is 2.08. The first kappa shape index (κ1) is 9.30. The van der Waals surface area contributed by atoms with Gasteiger partial charge in [0.1, 0.15) is 0 Å².